The van der Waals surface area contributed by atoms with Gasteiger partial charge in [-0.2, -0.15) is 0 Å². The number of carbonyl (C=O) groups excluding carboxylic acids is 2. The second-order valence-electron chi connectivity index (χ2n) is 12.7. The molecule has 2 saturated carbocycles. The van der Waals surface area contributed by atoms with Crippen LogP contribution in [0.5, 0.6) is 0 Å². The quantitative estimate of drug-likeness (QED) is 0.348. The highest BCUT2D eigenvalue weighted by Crippen LogP contribution is 2.66. The average Bonchev–Trinajstić information content (AvgIpc) is 3.80. The molecule has 2 aromatic rings. The highest BCUT2D eigenvalue weighted by molar-refractivity contribution is 8.18. The van der Waals surface area contributed by atoms with Gasteiger partial charge in [0.15, 0.2) is 0 Å². The van der Waals surface area contributed by atoms with Gasteiger partial charge in [-0.1, -0.05) is 64.1 Å². The van der Waals surface area contributed by atoms with Crippen molar-refractivity contribution in [2.75, 3.05) is 40.3 Å². The summed E-state index contributed by atoms with van der Waals surface area (Å²) < 4.78 is 1.21. The molecular weight excluding hydrogens is 585 g/mol. The summed E-state index contributed by atoms with van der Waals surface area (Å²) in [5, 5.41) is 3.07. The van der Waals surface area contributed by atoms with Crippen LogP contribution >= 0.6 is 47.0 Å². The minimum atomic E-state index is 0.140. The van der Waals surface area contributed by atoms with Crippen molar-refractivity contribution >= 4 is 70.2 Å². The predicted molar refractivity (Wildman–Crippen MR) is 183 cm³/mol. The van der Waals surface area contributed by atoms with Crippen LogP contribution in [0.4, 0.5) is 11.4 Å². The number of hydrogen-bond donors (Lipinski definition) is 1. The second-order valence-corrected chi connectivity index (χ2v) is 18.3. The van der Waals surface area contributed by atoms with Gasteiger partial charge in [0.25, 0.3) is 0 Å². The molecule has 4 unspecified atom stereocenters. The van der Waals surface area contributed by atoms with E-state index < -0.39 is 0 Å². The summed E-state index contributed by atoms with van der Waals surface area (Å²) in [6.07, 6.45) is 2.61. The molecule has 0 radical (unpaired) electrons. The standard InChI is InChI=1S/C17H23NOS2.C16H21NOS2/c1-17(2)13(14(17)16-20-10-7-11-21-16)15(19)18(3)12-8-5-4-6-9-12;1-16(2)12(13(16)15-19-9-6-10-20-15)14(18)17-11-7-4-3-5-8-11/h4-6,8-9,13-14,16H,7,10-11H2,1-3H3;3-5,7-8,12-13,15H,6,9-10H2,1-2H3,(H,17,18). The molecule has 4 nitrogen and oxygen atoms in total. The lowest BCUT2D eigenvalue weighted by molar-refractivity contribution is -0.120. The Morgan fingerprint density at radius 2 is 1.15 bits per heavy atom. The van der Waals surface area contributed by atoms with Crippen molar-refractivity contribution < 1.29 is 9.59 Å². The molecule has 4 atom stereocenters. The summed E-state index contributed by atoms with van der Waals surface area (Å²) in [6, 6.07) is 19.8. The fourth-order valence-corrected chi connectivity index (χ4v) is 13.8. The van der Waals surface area contributed by atoms with Gasteiger partial charge in [-0.25, -0.2) is 0 Å². The molecule has 2 aliphatic heterocycles. The van der Waals surface area contributed by atoms with Crippen LogP contribution in [0.1, 0.15) is 40.5 Å². The summed E-state index contributed by atoms with van der Waals surface area (Å²) in [7, 11) is 1.91. The Bertz CT molecular complexity index is 1180. The number of anilines is 2. The topological polar surface area (TPSA) is 49.4 Å². The SMILES string of the molecule is CC1(C)C(C(=O)Nc2ccccc2)C1C1SCCCS1.CN(C(=O)C1C(C2SCCCS2)C1(C)C)c1ccccc1. The van der Waals surface area contributed by atoms with Crippen molar-refractivity contribution in [1.29, 1.82) is 0 Å². The van der Waals surface area contributed by atoms with Gasteiger partial charge in [0.05, 0.1) is 9.16 Å². The van der Waals surface area contributed by atoms with E-state index in [0.717, 1.165) is 11.4 Å². The smallest absolute Gasteiger partial charge is 0.230 e. The Labute approximate surface area is 263 Å². The Hall–Kier alpha value is -1.22. The van der Waals surface area contributed by atoms with E-state index in [1.54, 1.807) is 0 Å². The molecular formula is C33H44N2O2S4. The van der Waals surface area contributed by atoms with Crippen molar-refractivity contribution in [1.82, 2.24) is 0 Å². The minimum Gasteiger partial charge on any atom is -0.326 e. The van der Waals surface area contributed by atoms with Crippen LogP contribution in [0, 0.1) is 34.5 Å². The molecule has 4 aliphatic rings. The predicted octanol–water partition coefficient (Wildman–Crippen LogP) is 8.21. The lowest BCUT2D eigenvalue weighted by Crippen LogP contribution is -2.29. The summed E-state index contributed by atoms with van der Waals surface area (Å²) in [5.41, 5.74) is 2.18. The number of thioether (sulfide) groups is 4. The molecule has 4 fully saturated rings. The van der Waals surface area contributed by atoms with Crippen LogP contribution in [0.3, 0.4) is 0 Å². The molecule has 2 heterocycles. The van der Waals surface area contributed by atoms with Crippen molar-refractivity contribution in [3.05, 3.63) is 60.7 Å². The number of rotatable bonds is 6. The van der Waals surface area contributed by atoms with Crippen molar-refractivity contribution in [3.8, 4) is 0 Å². The van der Waals surface area contributed by atoms with E-state index in [1.165, 1.54) is 35.9 Å². The average molecular weight is 629 g/mol. The second kappa shape index (κ2) is 13.2. The molecule has 8 heteroatoms. The number of carbonyl (C=O) groups is 2. The number of nitrogens with zero attached hydrogens (tertiary/aromatic N) is 1. The Morgan fingerprint density at radius 1 is 0.707 bits per heavy atom. The van der Waals surface area contributed by atoms with E-state index in [2.05, 4.69) is 56.5 Å². The largest absolute Gasteiger partial charge is 0.326 e. The third-order valence-electron chi connectivity index (χ3n) is 9.18. The van der Waals surface area contributed by atoms with Crippen LogP contribution in [0.15, 0.2) is 60.7 Å². The number of amides is 2. The normalized spacial score (nSPS) is 28.5. The maximum absolute atomic E-state index is 12.9. The first-order valence-corrected chi connectivity index (χ1v) is 19.0. The molecule has 0 spiro atoms. The number of para-hydroxylation sites is 2. The Morgan fingerprint density at radius 3 is 1.66 bits per heavy atom. The van der Waals surface area contributed by atoms with E-state index in [4.69, 9.17) is 0 Å². The first kappa shape index (κ1) is 31.2. The van der Waals surface area contributed by atoms with E-state index in [-0.39, 0.29) is 34.5 Å². The molecule has 6 rings (SSSR count). The molecule has 222 valence electrons. The van der Waals surface area contributed by atoms with E-state index in [0.29, 0.717) is 21.0 Å². The zero-order chi connectivity index (χ0) is 29.2. The van der Waals surface area contributed by atoms with Gasteiger partial charge in [0, 0.05) is 30.3 Å². The van der Waals surface area contributed by atoms with Crippen LogP contribution in [0.2, 0.25) is 0 Å². The van der Waals surface area contributed by atoms with Crippen molar-refractivity contribution in [2.24, 2.45) is 34.5 Å². The van der Waals surface area contributed by atoms with Crippen LogP contribution < -0.4 is 10.2 Å². The Balaban J connectivity index is 0.000000165. The van der Waals surface area contributed by atoms with Gasteiger partial charge >= 0.3 is 0 Å². The van der Waals surface area contributed by atoms with Crippen molar-refractivity contribution in [3.63, 3.8) is 0 Å². The molecule has 2 saturated heterocycles. The third kappa shape index (κ3) is 6.97. The summed E-state index contributed by atoms with van der Waals surface area (Å²) in [5.74, 6) is 6.83. The Kier molecular flexibility index (Phi) is 10.0. The molecule has 41 heavy (non-hydrogen) atoms. The van der Waals surface area contributed by atoms with Crippen LogP contribution in [0.25, 0.3) is 0 Å². The summed E-state index contributed by atoms with van der Waals surface area (Å²) in [4.78, 5) is 27.2. The fourth-order valence-electron chi connectivity index (χ4n) is 6.50. The molecule has 2 amide bonds. The van der Waals surface area contributed by atoms with Gasteiger partial charge in [-0.15, -0.1) is 47.0 Å². The zero-order valence-electron chi connectivity index (χ0n) is 24.9. The van der Waals surface area contributed by atoms with Crippen molar-refractivity contribution in [2.45, 2.75) is 49.7 Å². The van der Waals surface area contributed by atoms with Crippen LogP contribution in [-0.4, -0.2) is 51.0 Å². The first-order chi connectivity index (χ1) is 19.6. The monoisotopic (exact) mass is 628 g/mol. The molecule has 1 N–H and O–H groups in total. The molecule has 2 aliphatic carbocycles. The maximum Gasteiger partial charge on any atom is 0.230 e. The highest BCUT2D eigenvalue weighted by atomic mass is 32.2. The number of nitrogens with one attached hydrogen (secondary N) is 1. The van der Waals surface area contributed by atoms with Gasteiger partial charge in [0.2, 0.25) is 11.8 Å². The highest BCUT2D eigenvalue weighted by Gasteiger charge is 2.66. The first-order valence-electron chi connectivity index (χ1n) is 14.8. The van der Waals surface area contributed by atoms with E-state index in [1.807, 2.05) is 96.1 Å². The summed E-state index contributed by atoms with van der Waals surface area (Å²) >= 11 is 8.21. The maximum atomic E-state index is 12.9. The van der Waals surface area contributed by atoms with Gasteiger partial charge in [-0.05, 0) is 82.8 Å². The lowest BCUT2D eigenvalue weighted by atomic mass is 10.1. The van der Waals surface area contributed by atoms with Gasteiger partial charge in [-0.3, -0.25) is 9.59 Å². The number of benzene rings is 2. The lowest BCUT2D eigenvalue weighted by Gasteiger charge is -2.22. The van der Waals surface area contributed by atoms with Gasteiger partial charge in [0.1, 0.15) is 0 Å². The molecule has 0 bridgehead atoms. The summed E-state index contributed by atoms with van der Waals surface area (Å²) in [6.45, 7) is 8.99. The number of hydrogen-bond acceptors (Lipinski definition) is 6. The molecule has 0 aromatic heterocycles. The fraction of sp³-hybridized carbons (Fsp3) is 0.576. The molecule has 2 aromatic carbocycles. The van der Waals surface area contributed by atoms with Crippen LogP contribution in [-0.2, 0) is 9.59 Å². The minimum absolute atomic E-state index is 0.140. The van der Waals surface area contributed by atoms with E-state index in [9.17, 15) is 9.59 Å². The third-order valence-corrected chi connectivity index (χ3v) is 15.4. The zero-order valence-corrected chi connectivity index (χ0v) is 28.1. The van der Waals surface area contributed by atoms with Gasteiger partial charge < -0.3 is 10.2 Å². The van der Waals surface area contributed by atoms with E-state index >= 15 is 0 Å².